The van der Waals surface area contributed by atoms with E-state index in [-0.39, 0.29) is 12.1 Å². The van der Waals surface area contributed by atoms with Crippen molar-refractivity contribution in [3.05, 3.63) is 47.8 Å². The maximum absolute atomic E-state index is 6.28. The average molecular weight is 257 g/mol. The van der Waals surface area contributed by atoms with E-state index in [0.717, 1.165) is 25.1 Å². The van der Waals surface area contributed by atoms with Gasteiger partial charge in [0.05, 0.1) is 6.20 Å². The van der Waals surface area contributed by atoms with Crippen LogP contribution in [0, 0.1) is 0 Å². The molecule has 1 aromatic heterocycles. The number of hydrogen-bond acceptors (Lipinski definition) is 3. The van der Waals surface area contributed by atoms with Crippen LogP contribution in [-0.2, 0) is 19.4 Å². The van der Waals surface area contributed by atoms with Crippen molar-refractivity contribution in [1.82, 2.24) is 9.78 Å². The Kier molecular flexibility index (Phi) is 3.25. The number of para-hydroxylation sites is 1. The molecule has 4 heteroatoms. The molecular formula is C15H19N3O. The largest absolute Gasteiger partial charge is 0.488 e. The minimum absolute atomic E-state index is 0.00176. The summed E-state index contributed by atoms with van der Waals surface area (Å²) in [4.78, 5) is 0. The van der Waals surface area contributed by atoms with Gasteiger partial charge in [-0.15, -0.1) is 0 Å². The molecule has 0 saturated heterocycles. The van der Waals surface area contributed by atoms with E-state index in [4.69, 9.17) is 10.5 Å². The fourth-order valence-electron chi connectivity index (χ4n) is 2.54. The molecule has 2 N–H and O–H groups in total. The van der Waals surface area contributed by atoms with E-state index in [2.05, 4.69) is 24.3 Å². The molecule has 1 aliphatic rings. The summed E-state index contributed by atoms with van der Waals surface area (Å²) in [7, 11) is 0. The lowest BCUT2D eigenvalue weighted by molar-refractivity contribution is 0.198. The van der Waals surface area contributed by atoms with Crippen LogP contribution < -0.4 is 10.5 Å². The summed E-state index contributed by atoms with van der Waals surface area (Å²) < 4.78 is 7.84. The monoisotopic (exact) mass is 257 g/mol. The lowest BCUT2D eigenvalue weighted by Gasteiger charge is -2.18. The molecule has 100 valence electrons. The predicted octanol–water partition coefficient (Wildman–Crippen LogP) is 1.78. The number of nitrogens with zero attached hydrogens (tertiary/aromatic N) is 2. The summed E-state index contributed by atoms with van der Waals surface area (Å²) in [5.41, 5.74) is 8.71. The molecule has 2 atom stereocenters. The van der Waals surface area contributed by atoms with Crippen LogP contribution in [0.25, 0.3) is 0 Å². The highest BCUT2D eigenvalue weighted by Crippen LogP contribution is 2.29. The fraction of sp³-hybridized carbons (Fsp3) is 0.400. The van der Waals surface area contributed by atoms with E-state index in [9.17, 15) is 0 Å². The van der Waals surface area contributed by atoms with Crippen molar-refractivity contribution in [2.45, 2.75) is 38.5 Å². The molecule has 2 aromatic rings. The molecule has 0 spiro atoms. The highest BCUT2D eigenvalue weighted by Gasteiger charge is 2.28. The third kappa shape index (κ3) is 2.49. The highest BCUT2D eigenvalue weighted by atomic mass is 16.5. The number of nitrogens with two attached hydrogens (primary N) is 1. The minimum atomic E-state index is 0.00176. The van der Waals surface area contributed by atoms with E-state index in [1.807, 2.05) is 29.1 Å². The van der Waals surface area contributed by atoms with E-state index in [0.29, 0.717) is 0 Å². The first-order valence-electron chi connectivity index (χ1n) is 6.77. The van der Waals surface area contributed by atoms with Gasteiger partial charge in [-0.05, 0) is 30.5 Å². The molecule has 19 heavy (non-hydrogen) atoms. The summed E-state index contributed by atoms with van der Waals surface area (Å²) in [5.74, 6) is 0.979. The van der Waals surface area contributed by atoms with Crippen LogP contribution in [-0.4, -0.2) is 21.9 Å². The molecule has 1 aromatic carbocycles. The van der Waals surface area contributed by atoms with Gasteiger partial charge in [0, 0.05) is 25.2 Å². The van der Waals surface area contributed by atoms with E-state index in [1.165, 1.54) is 11.1 Å². The summed E-state index contributed by atoms with van der Waals surface area (Å²) in [6.07, 6.45) is 5.73. The number of fused-ring (bicyclic) bond motifs is 1. The second kappa shape index (κ2) is 5.05. The quantitative estimate of drug-likeness (QED) is 0.908. The molecule has 0 bridgehead atoms. The zero-order chi connectivity index (χ0) is 13.2. The zero-order valence-corrected chi connectivity index (χ0v) is 11.1. The number of aromatic nitrogens is 2. The van der Waals surface area contributed by atoms with Crippen molar-refractivity contribution < 1.29 is 4.74 Å². The molecule has 1 aliphatic heterocycles. The second-order valence-corrected chi connectivity index (χ2v) is 5.04. The molecule has 0 fully saturated rings. The van der Waals surface area contributed by atoms with Gasteiger partial charge < -0.3 is 10.5 Å². The maximum Gasteiger partial charge on any atom is 0.123 e. The van der Waals surface area contributed by atoms with Gasteiger partial charge in [-0.25, -0.2) is 0 Å². The van der Waals surface area contributed by atoms with Gasteiger partial charge in [0.2, 0.25) is 0 Å². The lowest BCUT2D eigenvalue weighted by Crippen LogP contribution is -2.39. The van der Waals surface area contributed by atoms with Gasteiger partial charge in [0.25, 0.3) is 0 Å². The molecule has 2 heterocycles. The molecule has 0 saturated carbocycles. The van der Waals surface area contributed by atoms with Gasteiger partial charge >= 0.3 is 0 Å². The highest BCUT2D eigenvalue weighted by molar-refractivity contribution is 5.37. The van der Waals surface area contributed by atoms with E-state index in [1.54, 1.807) is 0 Å². The normalized spacial score (nSPS) is 18.9. The van der Waals surface area contributed by atoms with Crippen molar-refractivity contribution in [3.63, 3.8) is 0 Å². The minimum Gasteiger partial charge on any atom is -0.488 e. The Hall–Kier alpha value is -1.81. The van der Waals surface area contributed by atoms with Gasteiger partial charge in [-0.2, -0.15) is 5.10 Å². The summed E-state index contributed by atoms with van der Waals surface area (Å²) in [6.45, 7) is 2.97. The standard InChI is InChI=1S/C15H19N3O/c1-2-18-10-11(9-17-18)7-13(16)15-8-12-5-3-4-6-14(12)19-15/h3-6,9-10,13,15H,2,7-8,16H2,1H3. The Balaban J connectivity index is 1.65. The van der Waals surface area contributed by atoms with Crippen molar-refractivity contribution in [2.75, 3.05) is 0 Å². The van der Waals surface area contributed by atoms with Gasteiger partial charge in [0.15, 0.2) is 0 Å². The van der Waals surface area contributed by atoms with E-state index >= 15 is 0 Å². The summed E-state index contributed by atoms with van der Waals surface area (Å²) >= 11 is 0. The van der Waals surface area contributed by atoms with Gasteiger partial charge in [-0.1, -0.05) is 18.2 Å². The van der Waals surface area contributed by atoms with Crippen molar-refractivity contribution in [2.24, 2.45) is 5.73 Å². The van der Waals surface area contributed by atoms with Crippen LogP contribution in [0.15, 0.2) is 36.7 Å². The SMILES string of the molecule is CCn1cc(CC(N)C2Cc3ccccc3O2)cn1. The molecule has 0 aliphatic carbocycles. The second-order valence-electron chi connectivity index (χ2n) is 5.04. The molecule has 4 nitrogen and oxygen atoms in total. The van der Waals surface area contributed by atoms with Crippen molar-refractivity contribution in [3.8, 4) is 5.75 Å². The Labute approximate surface area is 113 Å². The Bertz CT molecular complexity index is 539. The fourth-order valence-corrected chi connectivity index (χ4v) is 2.54. The van der Waals surface area contributed by atoms with Gasteiger partial charge in [-0.3, -0.25) is 4.68 Å². The number of benzene rings is 1. The van der Waals surface area contributed by atoms with Crippen LogP contribution in [0.1, 0.15) is 18.1 Å². The number of aryl methyl sites for hydroxylation is 1. The zero-order valence-electron chi connectivity index (χ0n) is 11.1. The smallest absolute Gasteiger partial charge is 0.123 e. The Morgan fingerprint density at radius 2 is 2.32 bits per heavy atom. The third-order valence-corrected chi connectivity index (χ3v) is 3.63. The first-order chi connectivity index (χ1) is 9.26. The number of hydrogen-bond donors (Lipinski definition) is 1. The van der Waals surface area contributed by atoms with E-state index < -0.39 is 0 Å². The van der Waals surface area contributed by atoms with Crippen molar-refractivity contribution >= 4 is 0 Å². The van der Waals surface area contributed by atoms with Crippen LogP contribution in [0.2, 0.25) is 0 Å². The van der Waals surface area contributed by atoms with Crippen LogP contribution in [0.4, 0.5) is 0 Å². The molecule has 3 rings (SSSR count). The Morgan fingerprint density at radius 1 is 1.47 bits per heavy atom. The summed E-state index contributed by atoms with van der Waals surface area (Å²) in [5, 5.41) is 4.27. The summed E-state index contributed by atoms with van der Waals surface area (Å²) in [6, 6.07) is 8.16. The molecular weight excluding hydrogens is 238 g/mol. The van der Waals surface area contributed by atoms with Crippen LogP contribution >= 0.6 is 0 Å². The lowest BCUT2D eigenvalue weighted by atomic mass is 10.0. The third-order valence-electron chi connectivity index (χ3n) is 3.63. The molecule has 2 unspecified atom stereocenters. The van der Waals surface area contributed by atoms with Gasteiger partial charge in [0.1, 0.15) is 11.9 Å². The van der Waals surface area contributed by atoms with Crippen LogP contribution in [0.3, 0.4) is 0 Å². The predicted molar refractivity (Wildman–Crippen MR) is 74.1 cm³/mol. The maximum atomic E-state index is 6.28. The number of ether oxygens (including phenoxy) is 1. The average Bonchev–Trinajstić information content (AvgIpc) is 3.04. The number of rotatable bonds is 4. The van der Waals surface area contributed by atoms with Crippen LogP contribution in [0.5, 0.6) is 5.75 Å². The Morgan fingerprint density at radius 3 is 3.05 bits per heavy atom. The topological polar surface area (TPSA) is 53.1 Å². The molecule has 0 radical (unpaired) electrons. The first kappa shape index (κ1) is 12.2. The first-order valence-corrected chi connectivity index (χ1v) is 6.77. The van der Waals surface area contributed by atoms with Crippen molar-refractivity contribution in [1.29, 1.82) is 0 Å². The molecule has 0 amide bonds.